The van der Waals surface area contributed by atoms with Crippen LogP contribution in [0.2, 0.25) is 0 Å². The minimum absolute atomic E-state index is 0. The second-order valence-corrected chi connectivity index (χ2v) is 9.07. The molecule has 3 aromatic rings. The third-order valence-corrected chi connectivity index (χ3v) is 7.68. The SMILES string of the molecule is COc1cc2[nH]c(=O)n(CCC3NC[C@@H]4CCc5c(OC)cccc5[C@H]34)c(=O)c2s1.Cl. The Hall–Kier alpha value is -2.29. The van der Waals surface area contributed by atoms with Crippen molar-refractivity contribution in [3.63, 3.8) is 0 Å². The van der Waals surface area contributed by atoms with E-state index < -0.39 is 0 Å². The fraction of sp³-hybridized carbons (Fsp3) is 0.455. The molecule has 2 aliphatic rings. The number of ether oxygens (including phenoxy) is 2. The standard InChI is InChI=1S/C22H25N3O4S.ClH/c1-28-17-5-3-4-14-13(17)7-6-12-11-23-15(19(12)14)8-9-25-21(26)20-16(24-22(25)27)10-18(29-2)30-20;/h3-5,10,12,15,19,23H,6-9,11H2,1-2H3,(H,24,27);1H/t12-,15?,19+;/m0./s1. The molecule has 0 spiro atoms. The highest BCUT2D eigenvalue weighted by molar-refractivity contribution is 7.20. The summed E-state index contributed by atoms with van der Waals surface area (Å²) in [5, 5.41) is 4.27. The number of hydrogen-bond acceptors (Lipinski definition) is 6. The van der Waals surface area contributed by atoms with Crippen molar-refractivity contribution in [2.45, 2.75) is 37.8 Å². The Bertz CT molecular complexity index is 1220. The lowest BCUT2D eigenvalue weighted by atomic mass is 9.73. The number of H-pyrrole nitrogens is 1. The van der Waals surface area contributed by atoms with Gasteiger partial charge in [-0.25, -0.2) is 4.79 Å². The summed E-state index contributed by atoms with van der Waals surface area (Å²) in [6, 6.07) is 8.21. The fourth-order valence-electron chi connectivity index (χ4n) is 5.19. The lowest BCUT2D eigenvalue weighted by molar-refractivity contribution is 0.371. The molecular weight excluding hydrogens is 438 g/mol. The summed E-state index contributed by atoms with van der Waals surface area (Å²) >= 11 is 1.26. The topological polar surface area (TPSA) is 85.3 Å². The highest BCUT2D eigenvalue weighted by atomic mass is 35.5. The zero-order valence-corrected chi connectivity index (χ0v) is 19.1. The van der Waals surface area contributed by atoms with Gasteiger partial charge in [-0.1, -0.05) is 23.5 Å². The van der Waals surface area contributed by atoms with E-state index in [4.69, 9.17) is 9.47 Å². The van der Waals surface area contributed by atoms with E-state index in [2.05, 4.69) is 22.4 Å². The number of benzene rings is 1. The molecule has 166 valence electrons. The van der Waals surface area contributed by atoms with Crippen LogP contribution in [-0.4, -0.2) is 36.4 Å². The zero-order chi connectivity index (χ0) is 20.8. The van der Waals surface area contributed by atoms with Crippen molar-refractivity contribution < 1.29 is 9.47 Å². The van der Waals surface area contributed by atoms with Crippen LogP contribution in [0.4, 0.5) is 0 Å². The van der Waals surface area contributed by atoms with Gasteiger partial charge in [0, 0.05) is 24.6 Å². The van der Waals surface area contributed by atoms with Crippen molar-refractivity contribution >= 4 is 34.0 Å². The first-order valence-electron chi connectivity index (χ1n) is 10.3. The largest absolute Gasteiger partial charge is 0.496 e. The lowest BCUT2D eigenvalue weighted by Crippen LogP contribution is -2.37. The molecular formula is C22H26ClN3O4S. The van der Waals surface area contributed by atoms with Crippen LogP contribution in [0.5, 0.6) is 10.8 Å². The molecule has 0 bridgehead atoms. The van der Waals surface area contributed by atoms with Crippen LogP contribution >= 0.6 is 23.7 Å². The van der Waals surface area contributed by atoms with Crippen LogP contribution in [0.25, 0.3) is 10.2 Å². The molecule has 31 heavy (non-hydrogen) atoms. The van der Waals surface area contributed by atoms with Crippen LogP contribution in [0.3, 0.4) is 0 Å². The van der Waals surface area contributed by atoms with Crippen LogP contribution < -0.4 is 26.0 Å². The van der Waals surface area contributed by atoms with Crippen molar-refractivity contribution in [1.29, 1.82) is 0 Å². The number of nitrogens with zero attached hydrogens (tertiary/aromatic N) is 1. The van der Waals surface area contributed by atoms with Gasteiger partial charge in [0.05, 0.1) is 19.7 Å². The van der Waals surface area contributed by atoms with Crippen LogP contribution in [-0.2, 0) is 13.0 Å². The van der Waals surface area contributed by atoms with E-state index in [1.807, 2.05) is 6.07 Å². The first kappa shape index (κ1) is 21.9. The molecule has 3 heterocycles. The maximum atomic E-state index is 12.9. The third-order valence-electron chi connectivity index (χ3n) is 6.60. The Kier molecular flexibility index (Phi) is 6.14. The van der Waals surface area contributed by atoms with E-state index in [0.29, 0.717) is 33.7 Å². The van der Waals surface area contributed by atoms with Gasteiger partial charge in [-0.2, -0.15) is 0 Å². The molecule has 1 unspecified atom stereocenters. The van der Waals surface area contributed by atoms with Gasteiger partial charge in [0.1, 0.15) is 10.4 Å². The van der Waals surface area contributed by atoms with E-state index in [9.17, 15) is 9.59 Å². The van der Waals surface area contributed by atoms with Gasteiger partial charge < -0.3 is 19.8 Å². The molecule has 0 amide bonds. The molecule has 2 N–H and O–H groups in total. The van der Waals surface area contributed by atoms with Crippen molar-refractivity contribution in [3.8, 4) is 10.8 Å². The fourth-order valence-corrected chi connectivity index (χ4v) is 6.07. The normalized spacial score (nSPS) is 21.9. The van der Waals surface area contributed by atoms with E-state index in [0.717, 1.165) is 31.6 Å². The first-order valence-corrected chi connectivity index (χ1v) is 11.1. The molecule has 1 aliphatic heterocycles. The molecule has 1 saturated heterocycles. The van der Waals surface area contributed by atoms with Crippen molar-refractivity contribution in [3.05, 3.63) is 56.2 Å². The highest BCUT2D eigenvalue weighted by Crippen LogP contribution is 2.45. The molecule has 1 aliphatic carbocycles. The summed E-state index contributed by atoms with van der Waals surface area (Å²) in [4.78, 5) is 28.3. The molecule has 0 saturated carbocycles. The van der Waals surface area contributed by atoms with E-state index in [-0.39, 0.29) is 29.7 Å². The summed E-state index contributed by atoms with van der Waals surface area (Å²) in [6.45, 7) is 1.35. The minimum atomic E-state index is -0.367. The summed E-state index contributed by atoms with van der Waals surface area (Å²) < 4.78 is 12.6. The molecule has 3 atom stereocenters. The van der Waals surface area contributed by atoms with E-state index in [1.165, 1.54) is 27.0 Å². The van der Waals surface area contributed by atoms with Crippen LogP contribution in [0, 0.1) is 5.92 Å². The number of hydrogen-bond donors (Lipinski definition) is 2. The van der Waals surface area contributed by atoms with Crippen LogP contribution in [0.15, 0.2) is 33.9 Å². The quantitative estimate of drug-likeness (QED) is 0.607. The number of aromatic nitrogens is 2. The number of thiophene rings is 1. The Balaban J connectivity index is 0.00000231. The summed E-state index contributed by atoms with van der Waals surface area (Å²) in [5.74, 6) is 1.92. The molecule has 1 aromatic carbocycles. The Morgan fingerprint density at radius 2 is 2.06 bits per heavy atom. The highest BCUT2D eigenvalue weighted by Gasteiger charge is 2.40. The summed E-state index contributed by atoms with van der Waals surface area (Å²) in [5.41, 5.74) is 2.57. The van der Waals surface area contributed by atoms with Crippen molar-refractivity contribution in [2.75, 3.05) is 20.8 Å². The Labute approximate surface area is 189 Å². The Morgan fingerprint density at radius 1 is 1.23 bits per heavy atom. The molecule has 9 heteroatoms. The van der Waals surface area contributed by atoms with E-state index in [1.54, 1.807) is 20.3 Å². The van der Waals surface area contributed by atoms with Gasteiger partial charge in [0.15, 0.2) is 5.06 Å². The predicted octanol–water partition coefficient (Wildman–Crippen LogP) is 2.90. The third kappa shape index (κ3) is 3.66. The van der Waals surface area contributed by atoms with Crippen LogP contribution in [0.1, 0.15) is 29.9 Å². The van der Waals surface area contributed by atoms with Gasteiger partial charge in [-0.05, 0) is 48.9 Å². The monoisotopic (exact) mass is 463 g/mol. The lowest BCUT2D eigenvalue weighted by Gasteiger charge is -2.32. The Morgan fingerprint density at radius 3 is 2.84 bits per heavy atom. The molecule has 2 aromatic heterocycles. The number of rotatable bonds is 5. The summed E-state index contributed by atoms with van der Waals surface area (Å²) in [7, 11) is 3.28. The average molecular weight is 464 g/mol. The predicted molar refractivity (Wildman–Crippen MR) is 124 cm³/mol. The maximum absolute atomic E-state index is 12.9. The second-order valence-electron chi connectivity index (χ2n) is 8.06. The number of halogens is 1. The van der Waals surface area contributed by atoms with Gasteiger partial charge in [-0.3, -0.25) is 9.36 Å². The zero-order valence-electron chi connectivity index (χ0n) is 17.5. The second kappa shape index (κ2) is 8.68. The number of fused-ring (bicyclic) bond motifs is 4. The molecule has 0 radical (unpaired) electrons. The average Bonchev–Trinajstić information content (AvgIpc) is 3.37. The van der Waals surface area contributed by atoms with Gasteiger partial charge >= 0.3 is 5.69 Å². The van der Waals surface area contributed by atoms with Gasteiger partial charge in [-0.15, -0.1) is 12.4 Å². The van der Waals surface area contributed by atoms with E-state index >= 15 is 0 Å². The smallest absolute Gasteiger partial charge is 0.328 e. The summed E-state index contributed by atoms with van der Waals surface area (Å²) in [6.07, 6.45) is 2.88. The van der Waals surface area contributed by atoms with Gasteiger partial charge in [0.25, 0.3) is 5.56 Å². The number of methoxy groups -OCH3 is 2. The maximum Gasteiger partial charge on any atom is 0.328 e. The molecule has 5 rings (SSSR count). The molecule has 7 nitrogen and oxygen atoms in total. The van der Waals surface area contributed by atoms with Crippen molar-refractivity contribution in [1.82, 2.24) is 14.9 Å². The number of nitrogens with one attached hydrogen (secondary N) is 2. The number of aromatic amines is 1. The van der Waals surface area contributed by atoms with Crippen molar-refractivity contribution in [2.24, 2.45) is 5.92 Å². The first-order chi connectivity index (χ1) is 14.6. The minimum Gasteiger partial charge on any atom is -0.496 e. The molecule has 1 fully saturated rings. The van der Waals surface area contributed by atoms with Gasteiger partial charge in [0.2, 0.25) is 0 Å².